The zero-order chi connectivity index (χ0) is 19.7. The number of aromatic nitrogens is 2. The van der Waals surface area contributed by atoms with Crippen LogP contribution in [0.2, 0.25) is 0 Å². The monoisotopic (exact) mass is 399 g/mol. The first-order valence-corrected chi connectivity index (χ1v) is 10.4. The highest BCUT2D eigenvalue weighted by atomic mass is 32.2. The van der Waals surface area contributed by atoms with Crippen LogP contribution < -0.4 is 5.32 Å². The van der Waals surface area contributed by atoms with Gasteiger partial charge in [0.2, 0.25) is 10.0 Å². The average molecular weight is 399 g/mol. The summed E-state index contributed by atoms with van der Waals surface area (Å²) in [6.45, 7) is 3.12. The second-order valence-electron chi connectivity index (χ2n) is 6.77. The summed E-state index contributed by atoms with van der Waals surface area (Å²) < 4.78 is 27.0. The van der Waals surface area contributed by atoms with E-state index in [1.54, 1.807) is 41.6 Å². The van der Waals surface area contributed by atoms with Gasteiger partial charge in [-0.1, -0.05) is 17.7 Å². The summed E-state index contributed by atoms with van der Waals surface area (Å²) in [6, 6.07) is 12.0. The van der Waals surface area contributed by atoms with Crippen molar-refractivity contribution < 1.29 is 13.2 Å². The number of sulfonamides is 1. The number of benzene rings is 2. The molecular formula is C19H21N5O3S. The number of hydrogen-bond acceptors (Lipinski definition) is 4. The minimum absolute atomic E-state index is 0.244. The summed E-state index contributed by atoms with van der Waals surface area (Å²) >= 11 is 0. The predicted molar refractivity (Wildman–Crippen MR) is 107 cm³/mol. The van der Waals surface area contributed by atoms with E-state index in [1.165, 1.54) is 4.31 Å². The Hall–Kier alpha value is -2.91. The standard InChI is InChI=1S/C19H21N5O3S/c1-14-2-5-16(6-3-14)28(26,27)24-10-8-23(9-11-24)19(25)22-15-4-7-17-18(12-15)21-13-20-17/h2-7,12-13H,8-11H2,1H3,(H,20,21)(H,22,25). The Balaban J connectivity index is 1.39. The molecule has 1 fully saturated rings. The Morgan fingerprint density at radius 1 is 1.07 bits per heavy atom. The molecule has 0 spiro atoms. The van der Waals surface area contributed by atoms with E-state index in [0.29, 0.717) is 18.8 Å². The van der Waals surface area contributed by atoms with E-state index in [2.05, 4.69) is 15.3 Å². The molecule has 146 valence electrons. The summed E-state index contributed by atoms with van der Waals surface area (Å²) in [5.41, 5.74) is 3.34. The fourth-order valence-electron chi connectivity index (χ4n) is 3.21. The number of imidazole rings is 1. The Morgan fingerprint density at radius 3 is 2.50 bits per heavy atom. The first kappa shape index (κ1) is 18.5. The molecule has 0 aliphatic carbocycles. The quantitative estimate of drug-likeness (QED) is 0.707. The van der Waals surface area contributed by atoms with Gasteiger partial charge in [-0.25, -0.2) is 18.2 Å². The number of nitrogens with zero attached hydrogens (tertiary/aromatic N) is 3. The van der Waals surface area contributed by atoms with E-state index < -0.39 is 10.0 Å². The van der Waals surface area contributed by atoms with Crippen molar-refractivity contribution in [2.45, 2.75) is 11.8 Å². The van der Waals surface area contributed by atoms with Crippen molar-refractivity contribution >= 4 is 32.8 Å². The Bertz CT molecular complexity index is 1100. The highest BCUT2D eigenvalue weighted by molar-refractivity contribution is 7.89. The number of carbonyl (C=O) groups is 1. The largest absolute Gasteiger partial charge is 0.345 e. The molecule has 2 heterocycles. The molecule has 0 saturated carbocycles. The van der Waals surface area contributed by atoms with Gasteiger partial charge in [0.15, 0.2) is 0 Å². The summed E-state index contributed by atoms with van der Waals surface area (Å²) in [5, 5.41) is 2.86. The number of hydrogen-bond donors (Lipinski definition) is 2. The lowest BCUT2D eigenvalue weighted by Crippen LogP contribution is -2.51. The van der Waals surface area contributed by atoms with Crippen molar-refractivity contribution in [2.75, 3.05) is 31.5 Å². The molecule has 1 aromatic heterocycles. The summed E-state index contributed by atoms with van der Waals surface area (Å²) in [5.74, 6) is 0. The molecule has 2 aromatic carbocycles. The summed E-state index contributed by atoms with van der Waals surface area (Å²) in [6.07, 6.45) is 1.60. The molecule has 2 N–H and O–H groups in total. The predicted octanol–water partition coefficient (Wildman–Crippen LogP) is 2.41. The number of aryl methyl sites for hydroxylation is 1. The maximum atomic E-state index is 12.8. The number of carbonyl (C=O) groups excluding carboxylic acids is 1. The Morgan fingerprint density at radius 2 is 1.79 bits per heavy atom. The summed E-state index contributed by atoms with van der Waals surface area (Å²) in [4.78, 5) is 21.6. The molecule has 0 radical (unpaired) electrons. The molecule has 1 saturated heterocycles. The van der Waals surface area contributed by atoms with Crippen LogP contribution in [0.25, 0.3) is 11.0 Å². The molecule has 8 nitrogen and oxygen atoms in total. The molecule has 9 heteroatoms. The van der Waals surface area contributed by atoms with Gasteiger partial charge in [-0.15, -0.1) is 0 Å². The number of anilines is 1. The number of aromatic amines is 1. The van der Waals surface area contributed by atoms with Crippen LogP contribution in [-0.2, 0) is 10.0 Å². The number of nitrogens with one attached hydrogen (secondary N) is 2. The minimum Gasteiger partial charge on any atom is -0.345 e. The van der Waals surface area contributed by atoms with Gasteiger partial charge < -0.3 is 15.2 Å². The van der Waals surface area contributed by atoms with E-state index in [4.69, 9.17) is 0 Å². The smallest absolute Gasteiger partial charge is 0.321 e. The Labute approximate surface area is 163 Å². The third kappa shape index (κ3) is 3.58. The van der Waals surface area contributed by atoms with Crippen molar-refractivity contribution in [1.82, 2.24) is 19.2 Å². The van der Waals surface area contributed by atoms with E-state index in [-0.39, 0.29) is 24.0 Å². The first-order valence-electron chi connectivity index (χ1n) is 8.99. The van der Waals surface area contributed by atoms with E-state index >= 15 is 0 Å². The molecule has 1 aliphatic heterocycles. The van der Waals surface area contributed by atoms with Crippen LogP contribution in [-0.4, -0.2) is 59.8 Å². The topological polar surface area (TPSA) is 98.4 Å². The van der Waals surface area contributed by atoms with Crippen molar-refractivity contribution in [3.63, 3.8) is 0 Å². The number of amides is 2. The fraction of sp³-hybridized carbons (Fsp3) is 0.263. The van der Waals surface area contributed by atoms with Crippen molar-refractivity contribution in [3.8, 4) is 0 Å². The zero-order valence-corrected chi connectivity index (χ0v) is 16.2. The van der Waals surface area contributed by atoms with Gasteiger partial charge in [-0.3, -0.25) is 0 Å². The van der Waals surface area contributed by atoms with E-state index in [0.717, 1.165) is 16.6 Å². The number of fused-ring (bicyclic) bond motifs is 1. The number of rotatable bonds is 3. The van der Waals surface area contributed by atoms with Gasteiger partial charge in [0, 0.05) is 31.9 Å². The van der Waals surface area contributed by atoms with E-state index in [9.17, 15) is 13.2 Å². The minimum atomic E-state index is -3.54. The molecule has 3 aromatic rings. The molecule has 0 unspecified atom stereocenters. The van der Waals surface area contributed by atoms with Gasteiger partial charge in [0.25, 0.3) is 0 Å². The van der Waals surface area contributed by atoms with Crippen LogP contribution in [0.15, 0.2) is 53.7 Å². The van der Waals surface area contributed by atoms with Crippen LogP contribution in [0.5, 0.6) is 0 Å². The number of H-pyrrole nitrogens is 1. The molecule has 1 aliphatic rings. The molecule has 0 bridgehead atoms. The zero-order valence-electron chi connectivity index (χ0n) is 15.4. The van der Waals surface area contributed by atoms with Crippen molar-refractivity contribution in [1.29, 1.82) is 0 Å². The molecule has 0 atom stereocenters. The lowest BCUT2D eigenvalue weighted by molar-refractivity contribution is 0.184. The highest BCUT2D eigenvalue weighted by Gasteiger charge is 2.30. The molecule has 28 heavy (non-hydrogen) atoms. The first-order chi connectivity index (χ1) is 13.4. The molecule has 4 rings (SSSR count). The SMILES string of the molecule is Cc1ccc(S(=O)(=O)N2CCN(C(=O)Nc3ccc4nc[nH]c4c3)CC2)cc1. The van der Waals surface area contributed by atoms with Gasteiger partial charge in [0.05, 0.1) is 22.3 Å². The van der Waals surface area contributed by atoms with Crippen LogP contribution in [0, 0.1) is 6.92 Å². The average Bonchev–Trinajstić information content (AvgIpc) is 3.16. The number of urea groups is 1. The van der Waals surface area contributed by atoms with Gasteiger partial charge in [-0.05, 0) is 37.3 Å². The van der Waals surface area contributed by atoms with Gasteiger partial charge >= 0.3 is 6.03 Å². The van der Waals surface area contributed by atoms with Crippen LogP contribution in [0.1, 0.15) is 5.56 Å². The van der Waals surface area contributed by atoms with Crippen molar-refractivity contribution in [2.24, 2.45) is 0 Å². The van der Waals surface area contributed by atoms with Gasteiger partial charge in [-0.2, -0.15) is 4.31 Å². The molecular weight excluding hydrogens is 378 g/mol. The third-order valence-electron chi connectivity index (χ3n) is 4.86. The maximum Gasteiger partial charge on any atom is 0.321 e. The molecule has 2 amide bonds. The normalized spacial score (nSPS) is 15.7. The van der Waals surface area contributed by atoms with Crippen LogP contribution in [0.3, 0.4) is 0 Å². The lowest BCUT2D eigenvalue weighted by atomic mass is 10.2. The summed E-state index contributed by atoms with van der Waals surface area (Å²) in [7, 11) is -3.54. The lowest BCUT2D eigenvalue weighted by Gasteiger charge is -2.34. The second kappa shape index (κ2) is 7.25. The number of piperazine rings is 1. The third-order valence-corrected chi connectivity index (χ3v) is 6.77. The van der Waals surface area contributed by atoms with Gasteiger partial charge in [0.1, 0.15) is 0 Å². The maximum absolute atomic E-state index is 12.8. The van der Waals surface area contributed by atoms with Crippen LogP contribution in [0.4, 0.5) is 10.5 Å². The van der Waals surface area contributed by atoms with E-state index in [1.807, 2.05) is 19.1 Å². The Kier molecular flexibility index (Phi) is 4.78. The van der Waals surface area contributed by atoms with Crippen LogP contribution >= 0.6 is 0 Å². The highest BCUT2D eigenvalue weighted by Crippen LogP contribution is 2.19. The van der Waals surface area contributed by atoms with Crippen molar-refractivity contribution in [3.05, 3.63) is 54.4 Å². The fourth-order valence-corrected chi connectivity index (χ4v) is 4.63. The second-order valence-corrected chi connectivity index (χ2v) is 8.71.